The molecule has 2 aliphatic rings. The molecule has 3 unspecified atom stereocenters. The van der Waals surface area contributed by atoms with E-state index in [1.807, 2.05) is 0 Å². The van der Waals surface area contributed by atoms with E-state index in [9.17, 15) is 5.11 Å². The molecule has 1 aliphatic heterocycles. The lowest BCUT2D eigenvalue weighted by molar-refractivity contribution is 0.119. The van der Waals surface area contributed by atoms with Crippen molar-refractivity contribution in [3.05, 3.63) is 0 Å². The molecule has 3 nitrogen and oxygen atoms in total. The van der Waals surface area contributed by atoms with Crippen molar-refractivity contribution in [3.63, 3.8) is 0 Å². The number of aliphatic hydroxyl groups excluding tert-OH is 1. The third kappa shape index (κ3) is 3.94. The molecule has 0 bridgehead atoms. The first-order valence-electron chi connectivity index (χ1n) is 7.20. The van der Waals surface area contributed by atoms with Crippen LogP contribution in [0.15, 0.2) is 0 Å². The van der Waals surface area contributed by atoms with E-state index in [-0.39, 0.29) is 6.10 Å². The molecule has 1 heterocycles. The summed E-state index contributed by atoms with van der Waals surface area (Å²) in [6, 6.07) is 0. The number of likely N-dealkylation sites (tertiary alicyclic amines) is 1. The standard InChI is InChI=1S/C14H28N2O/c1-15-8-6-12(10-15)11-16(2)9-7-13-4-3-5-14(13)17/h12-14,17H,3-11H2,1-2H3. The second-order valence-electron chi connectivity index (χ2n) is 6.23. The van der Waals surface area contributed by atoms with Gasteiger partial charge in [0, 0.05) is 13.1 Å². The molecule has 1 aliphatic carbocycles. The van der Waals surface area contributed by atoms with Crippen LogP contribution in [0.5, 0.6) is 0 Å². The normalized spacial score (nSPS) is 34.9. The van der Waals surface area contributed by atoms with Gasteiger partial charge in [-0.05, 0) is 64.7 Å². The summed E-state index contributed by atoms with van der Waals surface area (Å²) in [7, 11) is 4.45. The number of nitrogens with zero attached hydrogens (tertiary/aromatic N) is 2. The minimum Gasteiger partial charge on any atom is -0.393 e. The fraction of sp³-hybridized carbons (Fsp3) is 1.00. The third-order valence-corrected chi connectivity index (χ3v) is 4.56. The summed E-state index contributed by atoms with van der Waals surface area (Å²) in [5, 5.41) is 9.80. The maximum atomic E-state index is 9.80. The van der Waals surface area contributed by atoms with E-state index in [4.69, 9.17) is 0 Å². The van der Waals surface area contributed by atoms with Crippen LogP contribution in [0.3, 0.4) is 0 Å². The lowest BCUT2D eigenvalue weighted by atomic mass is 10.0. The Bertz CT molecular complexity index is 234. The zero-order valence-corrected chi connectivity index (χ0v) is 11.4. The van der Waals surface area contributed by atoms with Crippen LogP contribution in [0.2, 0.25) is 0 Å². The molecular formula is C14H28N2O. The summed E-state index contributed by atoms with van der Waals surface area (Å²) in [6.45, 7) is 4.91. The number of rotatable bonds is 5. The Morgan fingerprint density at radius 2 is 2.12 bits per heavy atom. The van der Waals surface area contributed by atoms with E-state index in [0.29, 0.717) is 5.92 Å². The average Bonchev–Trinajstić information content (AvgIpc) is 2.85. The van der Waals surface area contributed by atoms with Gasteiger partial charge in [-0.3, -0.25) is 0 Å². The number of aliphatic hydroxyl groups is 1. The molecule has 1 saturated carbocycles. The van der Waals surface area contributed by atoms with Gasteiger partial charge >= 0.3 is 0 Å². The monoisotopic (exact) mass is 240 g/mol. The van der Waals surface area contributed by atoms with Crippen molar-refractivity contribution in [2.45, 2.75) is 38.2 Å². The number of hydrogen-bond donors (Lipinski definition) is 1. The lowest BCUT2D eigenvalue weighted by Crippen LogP contribution is -2.30. The Labute approximate surface area is 106 Å². The second-order valence-corrected chi connectivity index (χ2v) is 6.23. The van der Waals surface area contributed by atoms with E-state index in [1.165, 1.54) is 45.3 Å². The van der Waals surface area contributed by atoms with Crippen LogP contribution >= 0.6 is 0 Å². The highest BCUT2D eigenvalue weighted by molar-refractivity contribution is 4.79. The summed E-state index contributed by atoms with van der Waals surface area (Å²) in [5.41, 5.74) is 0. The maximum Gasteiger partial charge on any atom is 0.0568 e. The first-order chi connectivity index (χ1) is 8.15. The van der Waals surface area contributed by atoms with Gasteiger partial charge in [-0.1, -0.05) is 6.42 Å². The Morgan fingerprint density at radius 3 is 2.71 bits per heavy atom. The number of hydrogen-bond acceptors (Lipinski definition) is 3. The van der Waals surface area contributed by atoms with Crippen molar-refractivity contribution >= 4 is 0 Å². The first kappa shape index (κ1) is 13.3. The predicted molar refractivity (Wildman–Crippen MR) is 71.1 cm³/mol. The molecule has 0 spiro atoms. The Hall–Kier alpha value is -0.120. The van der Waals surface area contributed by atoms with Crippen molar-refractivity contribution < 1.29 is 5.11 Å². The predicted octanol–water partition coefficient (Wildman–Crippen LogP) is 1.42. The van der Waals surface area contributed by atoms with Gasteiger partial charge in [0.25, 0.3) is 0 Å². The highest BCUT2D eigenvalue weighted by Gasteiger charge is 2.26. The molecule has 3 atom stereocenters. The van der Waals surface area contributed by atoms with Crippen LogP contribution in [0.25, 0.3) is 0 Å². The summed E-state index contributed by atoms with van der Waals surface area (Å²) in [5.74, 6) is 1.43. The van der Waals surface area contributed by atoms with Crippen LogP contribution in [0.1, 0.15) is 32.1 Å². The Kier molecular flexibility index (Phi) is 4.83. The molecule has 1 N–H and O–H groups in total. The van der Waals surface area contributed by atoms with Gasteiger partial charge in [0.1, 0.15) is 0 Å². The molecular weight excluding hydrogens is 212 g/mol. The molecule has 100 valence electrons. The van der Waals surface area contributed by atoms with Crippen molar-refractivity contribution in [2.24, 2.45) is 11.8 Å². The molecule has 1 saturated heterocycles. The summed E-state index contributed by atoms with van der Waals surface area (Å²) < 4.78 is 0. The largest absolute Gasteiger partial charge is 0.393 e. The second kappa shape index (κ2) is 6.17. The molecule has 3 heteroatoms. The SMILES string of the molecule is CN1CCC(CN(C)CCC2CCCC2O)C1. The quantitative estimate of drug-likeness (QED) is 0.787. The molecule has 2 rings (SSSR count). The van der Waals surface area contributed by atoms with Crippen LogP contribution in [-0.4, -0.2) is 61.3 Å². The van der Waals surface area contributed by atoms with Gasteiger partial charge in [0.05, 0.1) is 6.10 Å². The molecule has 2 fully saturated rings. The van der Waals surface area contributed by atoms with Gasteiger partial charge in [0.15, 0.2) is 0 Å². The molecule has 0 aromatic heterocycles. The fourth-order valence-corrected chi connectivity index (χ4v) is 3.45. The first-order valence-corrected chi connectivity index (χ1v) is 7.20. The fourth-order valence-electron chi connectivity index (χ4n) is 3.45. The highest BCUT2D eigenvalue weighted by Crippen LogP contribution is 2.28. The summed E-state index contributed by atoms with van der Waals surface area (Å²) >= 11 is 0. The zero-order chi connectivity index (χ0) is 12.3. The van der Waals surface area contributed by atoms with Gasteiger partial charge in [-0.2, -0.15) is 0 Å². The van der Waals surface area contributed by atoms with Crippen molar-refractivity contribution in [3.8, 4) is 0 Å². The average molecular weight is 240 g/mol. The van der Waals surface area contributed by atoms with Gasteiger partial charge < -0.3 is 14.9 Å². The minimum atomic E-state index is -0.0130. The van der Waals surface area contributed by atoms with Crippen LogP contribution < -0.4 is 0 Å². The van der Waals surface area contributed by atoms with E-state index in [0.717, 1.165) is 18.9 Å². The summed E-state index contributed by atoms with van der Waals surface area (Å²) in [6.07, 6.45) is 6.01. The topological polar surface area (TPSA) is 26.7 Å². The van der Waals surface area contributed by atoms with Crippen molar-refractivity contribution in [1.29, 1.82) is 0 Å². The molecule has 0 aromatic carbocycles. The van der Waals surface area contributed by atoms with E-state index >= 15 is 0 Å². The Balaban J connectivity index is 1.62. The third-order valence-electron chi connectivity index (χ3n) is 4.56. The zero-order valence-electron chi connectivity index (χ0n) is 11.4. The van der Waals surface area contributed by atoms with Gasteiger partial charge in [-0.25, -0.2) is 0 Å². The van der Waals surface area contributed by atoms with Crippen LogP contribution in [-0.2, 0) is 0 Å². The van der Waals surface area contributed by atoms with E-state index in [1.54, 1.807) is 0 Å². The van der Waals surface area contributed by atoms with E-state index in [2.05, 4.69) is 23.9 Å². The molecule has 0 amide bonds. The lowest BCUT2D eigenvalue weighted by Gasteiger charge is -2.23. The molecule has 0 aromatic rings. The van der Waals surface area contributed by atoms with Crippen molar-refractivity contribution in [2.75, 3.05) is 40.3 Å². The minimum absolute atomic E-state index is 0.0130. The molecule has 0 radical (unpaired) electrons. The van der Waals surface area contributed by atoms with Crippen molar-refractivity contribution in [1.82, 2.24) is 9.80 Å². The van der Waals surface area contributed by atoms with Crippen LogP contribution in [0.4, 0.5) is 0 Å². The maximum absolute atomic E-state index is 9.80. The smallest absolute Gasteiger partial charge is 0.0568 e. The van der Waals surface area contributed by atoms with E-state index < -0.39 is 0 Å². The van der Waals surface area contributed by atoms with Gasteiger partial charge in [-0.15, -0.1) is 0 Å². The summed E-state index contributed by atoms with van der Waals surface area (Å²) in [4.78, 5) is 4.90. The highest BCUT2D eigenvalue weighted by atomic mass is 16.3. The Morgan fingerprint density at radius 1 is 1.29 bits per heavy atom. The van der Waals surface area contributed by atoms with Crippen LogP contribution in [0, 0.1) is 11.8 Å². The van der Waals surface area contributed by atoms with Gasteiger partial charge in [0.2, 0.25) is 0 Å². The molecule has 17 heavy (non-hydrogen) atoms.